The Kier molecular flexibility index (Phi) is 2.99. The van der Waals surface area contributed by atoms with Crippen molar-refractivity contribution in [1.29, 1.82) is 0 Å². The molecule has 0 N–H and O–H groups in total. The molecule has 2 unspecified atom stereocenters. The monoisotopic (exact) mass is 304 g/mol. The zero-order chi connectivity index (χ0) is 15.5. The lowest BCUT2D eigenvalue weighted by Crippen LogP contribution is -2.35. The highest BCUT2D eigenvalue weighted by Gasteiger charge is 2.51. The first-order chi connectivity index (χ1) is 10.5. The third kappa shape index (κ3) is 1.81. The molecule has 0 saturated heterocycles. The van der Waals surface area contributed by atoms with E-state index in [9.17, 15) is 0 Å². The molecule has 0 amide bonds. The number of hydrogen-bond donors (Lipinski definition) is 0. The Morgan fingerprint density at radius 2 is 1.82 bits per heavy atom. The Labute approximate surface area is 135 Å². The summed E-state index contributed by atoms with van der Waals surface area (Å²) in [5.41, 5.74) is 8.08. The standard InChI is InChI=1S/C21H24Si/c1-14-10-15(2)18(11-14)21(4)12-19-16(3)20(21)22(19)13-17-8-6-5-7-9-17/h5-10,12,22H,11,13H2,1-4H3. The lowest BCUT2D eigenvalue weighted by molar-refractivity contribution is 0.634. The molecule has 2 atom stereocenters. The van der Waals surface area contributed by atoms with Crippen molar-refractivity contribution in [1.82, 2.24) is 0 Å². The molecule has 1 aromatic carbocycles. The quantitative estimate of drug-likeness (QED) is 0.688. The van der Waals surface area contributed by atoms with Gasteiger partial charge in [-0.05, 0) is 45.7 Å². The average Bonchev–Trinajstić information content (AvgIpc) is 3.08. The molecule has 0 fully saturated rings. The highest BCUT2D eigenvalue weighted by molar-refractivity contribution is 6.80. The molecule has 4 aliphatic rings. The zero-order valence-corrected chi connectivity index (χ0v) is 15.2. The predicted octanol–water partition coefficient (Wildman–Crippen LogP) is 5.02. The van der Waals surface area contributed by atoms with Gasteiger partial charge in [0, 0.05) is 5.41 Å². The van der Waals surface area contributed by atoms with E-state index in [0.29, 0.717) is 0 Å². The fourth-order valence-corrected chi connectivity index (χ4v) is 9.06. The summed E-state index contributed by atoms with van der Waals surface area (Å²) >= 11 is 0. The predicted molar refractivity (Wildman–Crippen MR) is 97.3 cm³/mol. The minimum Gasteiger partial charge on any atom is -0.0713 e. The first-order valence-corrected chi connectivity index (χ1v) is 10.3. The summed E-state index contributed by atoms with van der Waals surface area (Å²) in [7, 11) is -0.908. The van der Waals surface area contributed by atoms with Gasteiger partial charge < -0.3 is 0 Å². The van der Waals surface area contributed by atoms with E-state index in [1.807, 2.05) is 5.20 Å². The molecule has 0 radical (unpaired) electrons. The van der Waals surface area contributed by atoms with E-state index in [0.717, 1.165) is 0 Å². The molecule has 22 heavy (non-hydrogen) atoms. The largest absolute Gasteiger partial charge is 0.104 e. The van der Waals surface area contributed by atoms with Gasteiger partial charge in [0.15, 0.2) is 0 Å². The maximum Gasteiger partial charge on any atom is 0.104 e. The lowest BCUT2D eigenvalue weighted by atomic mass is 9.80. The maximum absolute atomic E-state index is 2.63. The number of rotatable bonds is 3. The molecular formula is C21H24Si. The van der Waals surface area contributed by atoms with Crippen molar-refractivity contribution in [2.45, 2.75) is 40.2 Å². The van der Waals surface area contributed by atoms with Crippen LogP contribution >= 0.6 is 0 Å². The van der Waals surface area contributed by atoms with Crippen LogP contribution in [0.2, 0.25) is 0 Å². The number of fused-ring (bicyclic) bond motifs is 1. The molecule has 2 heterocycles. The Morgan fingerprint density at radius 1 is 1.09 bits per heavy atom. The summed E-state index contributed by atoms with van der Waals surface area (Å²) in [6, 6.07) is 12.4. The summed E-state index contributed by atoms with van der Waals surface area (Å²) in [5, 5.41) is 3.56. The smallest absolute Gasteiger partial charge is 0.0713 e. The molecule has 2 aliphatic heterocycles. The molecule has 112 valence electrons. The van der Waals surface area contributed by atoms with Crippen LogP contribution in [-0.2, 0) is 6.04 Å². The van der Waals surface area contributed by atoms with E-state index in [2.05, 4.69) is 70.2 Å². The van der Waals surface area contributed by atoms with Crippen LogP contribution in [0.15, 0.2) is 75.2 Å². The van der Waals surface area contributed by atoms with Crippen molar-refractivity contribution >= 4 is 8.80 Å². The molecule has 5 rings (SSSR count). The van der Waals surface area contributed by atoms with Gasteiger partial charge in [-0.1, -0.05) is 75.2 Å². The lowest BCUT2D eigenvalue weighted by Gasteiger charge is -2.36. The third-order valence-corrected chi connectivity index (χ3v) is 9.83. The second-order valence-electron chi connectivity index (χ2n) is 7.41. The van der Waals surface area contributed by atoms with E-state index in [-0.39, 0.29) is 5.41 Å². The Balaban J connectivity index is 1.65. The van der Waals surface area contributed by atoms with Gasteiger partial charge in [0.25, 0.3) is 0 Å². The molecule has 0 saturated carbocycles. The minimum absolute atomic E-state index is 0.240. The number of benzene rings is 1. The van der Waals surface area contributed by atoms with E-state index < -0.39 is 8.80 Å². The molecule has 1 heteroatoms. The van der Waals surface area contributed by atoms with E-state index in [1.54, 1.807) is 16.3 Å². The molecule has 0 nitrogen and oxygen atoms in total. The van der Waals surface area contributed by atoms with Crippen molar-refractivity contribution in [3.05, 3.63) is 80.7 Å². The minimum atomic E-state index is -0.908. The molecule has 2 bridgehead atoms. The topological polar surface area (TPSA) is 0 Å². The van der Waals surface area contributed by atoms with Gasteiger partial charge in [0.05, 0.1) is 0 Å². The maximum atomic E-state index is 2.63. The van der Waals surface area contributed by atoms with Crippen LogP contribution < -0.4 is 0 Å². The van der Waals surface area contributed by atoms with Crippen molar-refractivity contribution < 1.29 is 0 Å². The first kappa shape index (κ1) is 14.0. The van der Waals surface area contributed by atoms with E-state index in [1.165, 1.54) is 29.2 Å². The molecule has 1 aromatic rings. The molecule has 2 aliphatic carbocycles. The van der Waals surface area contributed by atoms with Crippen LogP contribution in [0.25, 0.3) is 0 Å². The third-order valence-electron chi connectivity index (χ3n) is 5.87. The van der Waals surface area contributed by atoms with Gasteiger partial charge in [0.1, 0.15) is 8.80 Å². The van der Waals surface area contributed by atoms with Gasteiger partial charge in [-0.25, -0.2) is 0 Å². The van der Waals surface area contributed by atoms with Crippen molar-refractivity contribution in [3.63, 3.8) is 0 Å². The highest BCUT2D eigenvalue weighted by Crippen LogP contribution is 2.59. The number of allylic oxidation sites excluding steroid dienone is 8. The van der Waals surface area contributed by atoms with Crippen LogP contribution in [0.5, 0.6) is 0 Å². The van der Waals surface area contributed by atoms with Crippen LogP contribution in [0.4, 0.5) is 0 Å². The van der Waals surface area contributed by atoms with Crippen LogP contribution in [-0.4, -0.2) is 8.80 Å². The van der Waals surface area contributed by atoms with Crippen molar-refractivity contribution in [2.75, 3.05) is 0 Å². The van der Waals surface area contributed by atoms with Gasteiger partial charge >= 0.3 is 0 Å². The Morgan fingerprint density at radius 3 is 2.45 bits per heavy atom. The zero-order valence-electron chi connectivity index (χ0n) is 14.0. The second kappa shape index (κ2) is 4.69. The summed E-state index contributed by atoms with van der Waals surface area (Å²) in [5.74, 6) is 0. The molecule has 0 spiro atoms. The van der Waals surface area contributed by atoms with E-state index in [4.69, 9.17) is 0 Å². The normalized spacial score (nSPS) is 29.7. The first-order valence-electron chi connectivity index (χ1n) is 8.36. The van der Waals surface area contributed by atoms with Crippen LogP contribution in [0, 0.1) is 5.41 Å². The highest BCUT2D eigenvalue weighted by atomic mass is 28.3. The fourth-order valence-electron chi connectivity index (χ4n) is 4.94. The second-order valence-corrected chi connectivity index (χ2v) is 10.1. The number of hydrogen-bond acceptors (Lipinski definition) is 0. The Bertz CT molecular complexity index is 773. The summed E-state index contributed by atoms with van der Waals surface area (Å²) in [4.78, 5) is 0. The van der Waals surface area contributed by atoms with Crippen LogP contribution in [0.3, 0.4) is 0 Å². The Hall–Kier alpha value is -1.60. The van der Waals surface area contributed by atoms with Gasteiger partial charge in [-0.15, -0.1) is 0 Å². The summed E-state index contributed by atoms with van der Waals surface area (Å²) in [6.07, 6.45) is 6.19. The van der Waals surface area contributed by atoms with Crippen molar-refractivity contribution in [2.24, 2.45) is 5.41 Å². The molecule has 0 aromatic heterocycles. The average molecular weight is 305 g/mol. The summed E-state index contributed by atoms with van der Waals surface area (Å²) < 4.78 is 0. The van der Waals surface area contributed by atoms with Crippen molar-refractivity contribution in [3.8, 4) is 0 Å². The van der Waals surface area contributed by atoms with E-state index >= 15 is 0 Å². The van der Waals surface area contributed by atoms with Crippen LogP contribution in [0.1, 0.15) is 39.7 Å². The van der Waals surface area contributed by atoms with Gasteiger partial charge in [-0.3, -0.25) is 0 Å². The SMILES string of the molecule is CC1=CC(C)=C(C2(C)C=C3C(C)=C2[SiH]3Cc2ccccc2)C1. The van der Waals surface area contributed by atoms with Gasteiger partial charge in [-0.2, -0.15) is 0 Å². The fraction of sp³-hybridized carbons (Fsp3) is 0.333. The summed E-state index contributed by atoms with van der Waals surface area (Å²) in [6.45, 7) is 9.40. The van der Waals surface area contributed by atoms with Gasteiger partial charge in [0.2, 0.25) is 0 Å². The molecular weight excluding hydrogens is 280 g/mol.